The number of nitrogens with zero attached hydrogens (tertiary/aromatic N) is 4. The van der Waals surface area contributed by atoms with Crippen molar-refractivity contribution in [3.05, 3.63) is 45.7 Å². The summed E-state index contributed by atoms with van der Waals surface area (Å²) in [6.45, 7) is 6.36. The topological polar surface area (TPSA) is 61.6 Å². The van der Waals surface area contributed by atoms with Gasteiger partial charge in [-0.1, -0.05) is 23.2 Å². The van der Waals surface area contributed by atoms with Crippen molar-refractivity contribution < 1.29 is 9.90 Å². The Morgan fingerprint density at radius 1 is 1.14 bits per heavy atom. The number of halogens is 2. The maximum absolute atomic E-state index is 13.2. The molecule has 2 heterocycles. The summed E-state index contributed by atoms with van der Waals surface area (Å²) < 4.78 is 1.82. The maximum atomic E-state index is 13.2. The summed E-state index contributed by atoms with van der Waals surface area (Å²) in [4.78, 5) is 17.3. The Labute approximate surface area is 182 Å². The van der Waals surface area contributed by atoms with Crippen LogP contribution < -0.4 is 4.90 Å². The molecule has 1 fully saturated rings. The molecule has 2 atom stereocenters. The van der Waals surface area contributed by atoms with E-state index in [9.17, 15) is 9.90 Å². The first kappa shape index (κ1) is 21.9. The van der Waals surface area contributed by atoms with E-state index in [2.05, 4.69) is 10.00 Å². The summed E-state index contributed by atoms with van der Waals surface area (Å²) in [6, 6.07) is 7.51. The van der Waals surface area contributed by atoms with Gasteiger partial charge in [0.05, 0.1) is 11.8 Å². The fraction of sp³-hybridized carbons (Fsp3) is 0.524. The van der Waals surface area contributed by atoms with E-state index in [0.717, 1.165) is 17.1 Å². The second-order valence-corrected chi connectivity index (χ2v) is 8.70. The number of benzene rings is 1. The minimum atomic E-state index is -0.534. The summed E-state index contributed by atoms with van der Waals surface area (Å²) in [5, 5.41) is 15.5. The maximum Gasteiger partial charge on any atom is 0.226 e. The lowest BCUT2D eigenvalue weighted by Crippen LogP contribution is -2.51. The van der Waals surface area contributed by atoms with Crippen molar-refractivity contribution in [1.82, 2.24) is 14.7 Å². The number of aryl methyl sites for hydroxylation is 2. The molecule has 1 aromatic carbocycles. The Morgan fingerprint density at radius 2 is 1.76 bits per heavy atom. The van der Waals surface area contributed by atoms with Gasteiger partial charge in [-0.2, -0.15) is 5.10 Å². The first-order valence-corrected chi connectivity index (χ1v) is 10.7. The Morgan fingerprint density at radius 3 is 2.28 bits per heavy atom. The molecule has 1 saturated heterocycles. The zero-order valence-electron chi connectivity index (χ0n) is 17.1. The Balaban J connectivity index is 1.66. The highest BCUT2D eigenvalue weighted by molar-refractivity contribution is 6.35. The molecule has 0 saturated carbocycles. The van der Waals surface area contributed by atoms with E-state index in [1.165, 1.54) is 0 Å². The van der Waals surface area contributed by atoms with Crippen molar-refractivity contribution in [2.45, 2.75) is 32.8 Å². The van der Waals surface area contributed by atoms with Crippen molar-refractivity contribution in [2.75, 3.05) is 31.1 Å². The number of amides is 1. The molecule has 0 spiro atoms. The highest BCUT2D eigenvalue weighted by Crippen LogP contribution is 2.27. The molecule has 8 heteroatoms. The summed E-state index contributed by atoms with van der Waals surface area (Å²) in [5.41, 5.74) is 2.91. The molecule has 2 unspecified atom stereocenters. The lowest BCUT2D eigenvalue weighted by molar-refractivity contribution is -0.136. The van der Waals surface area contributed by atoms with E-state index >= 15 is 0 Å². The van der Waals surface area contributed by atoms with Gasteiger partial charge in [0.1, 0.15) is 0 Å². The standard InChI is InChI=1S/C21H28Cl2N4O2/c1-14-8-19(25(3)24-14)10-16(9-15(2)28)21(29)27-6-4-26(5-7-27)20-12-17(22)11-18(23)13-20/h8,11-13,15-16,28H,4-7,9-10H2,1-3H3. The van der Waals surface area contributed by atoms with Crippen LogP contribution in [0.4, 0.5) is 5.69 Å². The molecule has 1 aliphatic rings. The number of aromatic nitrogens is 2. The molecule has 1 N–H and O–H groups in total. The van der Waals surface area contributed by atoms with Gasteiger partial charge in [-0.3, -0.25) is 9.48 Å². The molecule has 2 aromatic rings. The van der Waals surface area contributed by atoms with Gasteiger partial charge < -0.3 is 14.9 Å². The Bertz CT molecular complexity index is 840. The molecule has 1 aromatic heterocycles. The number of hydrogen-bond donors (Lipinski definition) is 1. The third-order valence-electron chi connectivity index (χ3n) is 5.33. The number of piperazine rings is 1. The zero-order chi connectivity index (χ0) is 21.1. The average molecular weight is 439 g/mol. The number of aliphatic hydroxyl groups excluding tert-OH is 1. The van der Waals surface area contributed by atoms with Crippen molar-refractivity contribution in [2.24, 2.45) is 13.0 Å². The van der Waals surface area contributed by atoms with Crippen molar-refractivity contribution >= 4 is 34.8 Å². The number of anilines is 1. The lowest BCUT2D eigenvalue weighted by Gasteiger charge is -2.38. The largest absolute Gasteiger partial charge is 0.393 e. The molecular weight excluding hydrogens is 411 g/mol. The predicted molar refractivity (Wildman–Crippen MR) is 117 cm³/mol. The van der Waals surface area contributed by atoms with Crippen LogP contribution in [-0.2, 0) is 18.3 Å². The van der Waals surface area contributed by atoms with Crippen LogP contribution in [0.25, 0.3) is 0 Å². The van der Waals surface area contributed by atoms with Crippen LogP contribution >= 0.6 is 23.2 Å². The fourth-order valence-electron chi connectivity index (χ4n) is 3.96. The molecule has 29 heavy (non-hydrogen) atoms. The fourth-order valence-corrected chi connectivity index (χ4v) is 4.47. The van der Waals surface area contributed by atoms with Gasteiger partial charge in [-0.05, 0) is 44.5 Å². The van der Waals surface area contributed by atoms with Gasteiger partial charge >= 0.3 is 0 Å². The van der Waals surface area contributed by atoms with Gasteiger partial charge in [0.25, 0.3) is 0 Å². The molecule has 1 amide bonds. The summed E-state index contributed by atoms with van der Waals surface area (Å²) in [7, 11) is 1.89. The van der Waals surface area contributed by atoms with Crippen LogP contribution in [-0.4, -0.2) is 58.0 Å². The van der Waals surface area contributed by atoms with E-state index in [4.69, 9.17) is 23.2 Å². The number of rotatable bonds is 6. The number of carbonyl (C=O) groups is 1. The van der Waals surface area contributed by atoms with Crippen LogP contribution in [0.2, 0.25) is 10.0 Å². The van der Waals surface area contributed by atoms with Gasteiger partial charge in [0.15, 0.2) is 0 Å². The third kappa shape index (κ3) is 5.65. The first-order chi connectivity index (χ1) is 13.7. The average Bonchev–Trinajstić information content (AvgIpc) is 2.96. The molecule has 0 aliphatic carbocycles. The molecule has 0 radical (unpaired) electrons. The van der Waals surface area contributed by atoms with E-state index in [-0.39, 0.29) is 11.8 Å². The Kier molecular flexibility index (Phi) is 7.09. The minimum Gasteiger partial charge on any atom is -0.393 e. The van der Waals surface area contributed by atoms with Gasteiger partial charge in [0, 0.05) is 67.0 Å². The SMILES string of the molecule is Cc1cc(CC(CC(C)O)C(=O)N2CCN(c3cc(Cl)cc(Cl)c3)CC2)n(C)n1. The number of carbonyl (C=O) groups excluding carboxylic acids is 1. The molecule has 3 rings (SSSR count). The van der Waals surface area contributed by atoms with Crippen molar-refractivity contribution in [3.63, 3.8) is 0 Å². The van der Waals surface area contributed by atoms with Crippen molar-refractivity contribution in [3.8, 4) is 0 Å². The molecular formula is C21H28Cl2N4O2. The lowest BCUT2D eigenvalue weighted by atomic mass is 9.94. The van der Waals surface area contributed by atoms with E-state index < -0.39 is 6.10 Å². The minimum absolute atomic E-state index is 0.0912. The molecule has 6 nitrogen and oxygen atoms in total. The van der Waals surface area contributed by atoms with Crippen LogP contribution in [0.5, 0.6) is 0 Å². The Hall–Kier alpha value is -1.76. The van der Waals surface area contributed by atoms with Crippen LogP contribution in [0, 0.1) is 12.8 Å². The zero-order valence-corrected chi connectivity index (χ0v) is 18.6. The number of aliphatic hydroxyl groups is 1. The van der Waals surface area contributed by atoms with Crippen LogP contribution in [0.3, 0.4) is 0 Å². The molecule has 0 bridgehead atoms. The quantitative estimate of drug-likeness (QED) is 0.751. The van der Waals surface area contributed by atoms with Gasteiger partial charge in [-0.25, -0.2) is 0 Å². The highest BCUT2D eigenvalue weighted by Gasteiger charge is 2.29. The second-order valence-electron chi connectivity index (χ2n) is 7.83. The van der Waals surface area contributed by atoms with E-state index in [1.54, 1.807) is 13.0 Å². The summed E-state index contributed by atoms with van der Waals surface area (Å²) in [6.07, 6.45) is 0.478. The van der Waals surface area contributed by atoms with Crippen LogP contribution in [0.1, 0.15) is 24.7 Å². The van der Waals surface area contributed by atoms with E-state index in [0.29, 0.717) is 49.1 Å². The normalized spacial score (nSPS) is 16.8. The van der Waals surface area contributed by atoms with Gasteiger partial charge in [0.2, 0.25) is 5.91 Å². The number of hydrogen-bond acceptors (Lipinski definition) is 4. The molecule has 1 aliphatic heterocycles. The summed E-state index contributed by atoms with van der Waals surface area (Å²) in [5.74, 6) is -0.175. The first-order valence-electron chi connectivity index (χ1n) is 9.90. The smallest absolute Gasteiger partial charge is 0.226 e. The van der Waals surface area contributed by atoms with Gasteiger partial charge in [-0.15, -0.1) is 0 Å². The van der Waals surface area contributed by atoms with Crippen LogP contribution in [0.15, 0.2) is 24.3 Å². The van der Waals surface area contributed by atoms with E-state index in [1.807, 2.05) is 41.8 Å². The predicted octanol–water partition coefficient (Wildman–Crippen LogP) is 3.31. The highest BCUT2D eigenvalue weighted by atomic mass is 35.5. The third-order valence-corrected chi connectivity index (χ3v) is 5.77. The monoisotopic (exact) mass is 438 g/mol. The molecule has 158 valence electrons. The van der Waals surface area contributed by atoms with Crippen molar-refractivity contribution in [1.29, 1.82) is 0 Å². The second kappa shape index (κ2) is 9.37. The summed E-state index contributed by atoms with van der Waals surface area (Å²) >= 11 is 12.2.